The second-order valence-electron chi connectivity index (χ2n) is 4.38. The van der Waals surface area contributed by atoms with Gasteiger partial charge in [0.25, 0.3) is 0 Å². The minimum Gasteiger partial charge on any atom is -0.497 e. The Morgan fingerprint density at radius 3 is 3.00 bits per heavy atom. The van der Waals surface area contributed by atoms with E-state index in [9.17, 15) is 9.59 Å². The smallest absolute Gasteiger partial charge is 0.228 e. The molecule has 0 aromatic heterocycles. The van der Waals surface area contributed by atoms with Gasteiger partial charge in [0, 0.05) is 18.2 Å². The van der Waals surface area contributed by atoms with Crippen LogP contribution in [0.15, 0.2) is 24.3 Å². The van der Waals surface area contributed by atoms with Crippen molar-refractivity contribution in [2.24, 2.45) is 0 Å². The quantitative estimate of drug-likeness (QED) is 0.612. The fourth-order valence-corrected chi connectivity index (χ4v) is 2.30. The Bertz CT molecular complexity index is 545. The van der Waals surface area contributed by atoms with Gasteiger partial charge in [0.05, 0.1) is 7.11 Å². The summed E-state index contributed by atoms with van der Waals surface area (Å²) in [5.41, 5.74) is 0.651. The van der Waals surface area contributed by atoms with E-state index >= 15 is 0 Å². The number of rotatable bonds is 3. The van der Waals surface area contributed by atoms with Crippen LogP contribution in [0.4, 0.5) is 5.69 Å². The highest BCUT2D eigenvalue weighted by molar-refractivity contribution is 6.08. The molecule has 1 aliphatic heterocycles. The summed E-state index contributed by atoms with van der Waals surface area (Å²) < 4.78 is 5.14. The van der Waals surface area contributed by atoms with E-state index in [1.54, 1.807) is 31.4 Å². The molecule has 1 atom stereocenters. The fraction of sp³-hybridized carbons (Fsp3) is 0.333. The molecule has 1 saturated heterocycles. The molecule has 4 heteroatoms. The van der Waals surface area contributed by atoms with Crippen molar-refractivity contribution in [2.75, 3.05) is 12.0 Å². The average molecular weight is 257 g/mol. The van der Waals surface area contributed by atoms with Gasteiger partial charge in [0.2, 0.25) is 11.7 Å². The maximum Gasteiger partial charge on any atom is 0.228 e. The zero-order chi connectivity index (χ0) is 13.8. The number of hydrogen-bond donors (Lipinski definition) is 0. The van der Waals surface area contributed by atoms with Crippen molar-refractivity contribution in [1.29, 1.82) is 0 Å². The van der Waals surface area contributed by atoms with Crippen LogP contribution in [0, 0.1) is 12.3 Å². The van der Waals surface area contributed by atoms with Crippen LogP contribution >= 0.6 is 0 Å². The van der Waals surface area contributed by atoms with E-state index < -0.39 is 6.04 Å². The van der Waals surface area contributed by atoms with Crippen LogP contribution in [0.2, 0.25) is 0 Å². The molecular weight excluding hydrogens is 242 g/mol. The van der Waals surface area contributed by atoms with Gasteiger partial charge in [-0.2, -0.15) is 0 Å². The standard InChI is InChI=1S/C15H15NO3/c1-3-14(17)13-8-5-9-15(18)16(13)11-6-4-7-12(10-11)19-2/h1,4,6-7,10,13H,5,8-9H2,2H3. The maximum atomic E-state index is 12.1. The number of benzene rings is 1. The first-order valence-corrected chi connectivity index (χ1v) is 6.14. The molecule has 0 radical (unpaired) electrons. The van der Waals surface area contributed by atoms with Gasteiger partial charge in [-0.1, -0.05) is 6.07 Å². The number of nitrogens with zero attached hydrogens (tertiary/aromatic N) is 1. The SMILES string of the molecule is C#CC(=O)C1CCCC(=O)N1c1cccc(OC)c1. The van der Waals surface area contributed by atoms with Gasteiger partial charge in [-0.05, 0) is 30.9 Å². The summed E-state index contributed by atoms with van der Waals surface area (Å²) in [5, 5.41) is 0. The second kappa shape index (κ2) is 5.57. The van der Waals surface area contributed by atoms with Crippen LogP contribution in [-0.2, 0) is 9.59 Å². The Morgan fingerprint density at radius 2 is 2.32 bits per heavy atom. The Morgan fingerprint density at radius 1 is 1.53 bits per heavy atom. The van der Waals surface area contributed by atoms with Crippen molar-refractivity contribution in [3.8, 4) is 18.1 Å². The Hall–Kier alpha value is -2.28. The number of ether oxygens (including phenoxy) is 1. The molecule has 19 heavy (non-hydrogen) atoms. The molecule has 1 heterocycles. The average Bonchev–Trinajstić information content (AvgIpc) is 2.46. The minimum absolute atomic E-state index is 0.0758. The number of methoxy groups -OCH3 is 1. The third-order valence-electron chi connectivity index (χ3n) is 3.22. The summed E-state index contributed by atoms with van der Waals surface area (Å²) in [6.07, 6.45) is 6.91. The molecule has 1 aliphatic rings. The summed E-state index contributed by atoms with van der Waals surface area (Å²) in [7, 11) is 1.56. The highest BCUT2D eigenvalue weighted by Crippen LogP contribution is 2.28. The first kappa shape index (κ1) is 13.2. The van der Waals surface area contributed by atoms with E-state index in [4.69, 9.17) is 11.2 Å². The fourth-order valence-electron chi connectivity index (χ4n) is 2.30. The zero-order valence-corrected chi connectivity index (χ0v) is 10.8. The Labute approximate surface area is 112 Å². The lowest BCUT2D eigenvalue weighted by atomic mass is 9.97. The predicted molar refractivity (Wildman–Crippen MR) is 72.0 cm³/mol. The molecule has 0 N–H and O–H groups in total. The lowest BCUT2D eigenvalue weighted by Crippen LogP contribution is -2.47. The van der Waals surface area contributed by atoms with Crippen molar-refractivity contribution in [1.82, 2.24) is 0 Å². The molecule has 1 aromatic rings. The molecule has 0 spiro atoms. The van der Waals surface area contributed by atoms with Crippen molar-refractivity contribution >= 4 is 17.4 Å². The van der Waals surface area contributed by atoms with Crippen LogP contribution in [0.3, 0.4) is 0 Å². The van der Waals surface area contributed by atoms with Gasteiger partial charge in [-0.15, -0.1) is 6.42 Å². The summed E-state index contributed by atoms with van der Waals surface area (Å²) in [4.78, 5) is 25.4. The summed E-state index contributed by atoms with van der Waals surface area (Å²) in [6.45, 7) is 0. The minimum atomic E-state index is -0.557. The molecule has 4 nitrogen and oxygen atoms in total. The number of anilines is 1. The summed E-state index contributed by atoms with van der Waals surface area (Å²) >= 11 is 0. The van der Waals surface area contributed by atoms with Crippen LogP contribution in [-0.4, -0.2) is 24.8 Å². The molecule has 98 valence electrons. The third kappa shape index (κ3) is 2.60. The van der Waals surface area contributed by atoms with Crippen molar-refractivity contribution in [3.05, 3.63) is 24.3 Å². The van der Waals surface area contributed by atoms with Crippen LogP contribution in [0.25, 0.3) is 0 Å². The van der Waals surface area contributed by atoms with E-state index in [0.29, 0.717) is 30.7 Å². The number of terminal acetylenes is 1. The van der Waals surface area contributed by atoms with Crippen LogP contribution in [0.1, 0.15) is 19.3 Å². The predicted octanol–water partition coefficient (Wildman–Crippen LogP) is 1.78. The highest BCUT2D eigenvalue weighted by atomic mass is 16.5. The second-order valence-corrected chi connectivity index (χ2v) is 4.38. The van der Waals surface area contributed by atoms with Gasteiger partial charge in [0.1, 0.15) is 11.8 Å². The normalized spacial score (nSPS) is 18.8. The maximum absolute atomic E-state index is 12.1. The van der Waals surface area contributed by atoms with E-state index in [0.717, 1.165) is 0 Å². The van der Waals surface area contributed by atoms with E-state index in [1.165, 1.54) is 4.90 Å². The first-order valence-electron chi connectivity index (χ1n) is 6.14. The molecule has 1 unspecified atom stereocenters. The highest BCUT2D eigenvalue weighted by Gasteiger charge is 2.33. The monoisotopic (exact) mass is 257 g/mol. The third-order valence-corrected chi connectivity index (χ3v) is 3.22. The Kier molecular flexibility index (Phi) is 3.86. The van der Waals surface area contributed by atoms with Crippen LogP contribution < -0.4 is 9.64 Å². The molecule has 1 aromatic carbocycles. The first-order chi connectivity index (χ1) is 9.17. The van der Waals surface area contributed by atoms with Gasteiger partial charge < -0.3 is 9.64 Å². The summed E-state index contributed by atoms with van der Waals surface area (Å²) in [6, 6.07) is 6.53. The number of hydrogen-bond acceptors (Lipinski definition) is 3. The Balaban J connectivity index is 2.39. The van der Waals surface area contributed by atoms with Gasteiger partial charge >= 0.3 is 0 Å². The van der Waals surface area contributed by atoms with E-state index in [1.807, 2.05) is 0 Å². The van der Waals surface area contributed by atoms with Gasteiger partial charge in [-0.25, -0.2) is 0 Å². The molecule has 1 fully saturated rings. The summed E-state index contributed by atoms with van der Waals surface area (Å²) in [5.74, 6) is 2.33. The molecule has 1 amide bonds. The zero-order valence-electron chi connectivity index (χ0n) is 10.8. The van der Waals surface area contributed by atoms with E-state index in [2.05, 4.69) is 5.92 Å². The number of ketones is 1. The molecular formula is C15H15NO3. The molecule has 2 rings (SSSR count). The topological polar surface area (TPSA) is 46.6 Å². The lowest BCUT2D eigenvalue weighted by molar-refractivity contribution is -0.124. The molecule has 0 saturated carbocycles. The number of carbonyl (C=O) groups excluding carboxylic acids is 2. The lowest BCUT2D eigenvalue weighted by Gasteiger charge is -2.33. The number of piperidine rings is 1. The van der Waals surface area contributed by atoms with Crippen molar-refractivity contribution in [3.63, 3.8) is 0 Å². The van der Waals surface area contributed by atoms with Crippen LogP contribution in [0.5, 0.6) is 5.75 Å². The van der Waals surface area contributed by atoms with Gasteiger partial charge in [0.15, 0.2) is 0 Å². The number of carbonyl (C=O) groups is 2. The molecule has 0 aliphatic carbocycles. The van der Waals surface area contributed by atoms with Crippen molar-refractivity contribution in [2.45, 2.75) is 25.3 Å². The number of amides is 1. The van der Waals surface area contributed by atoms with Crippen molar-refractivity contribution < 1.29 is 14.3 Å². The largest absolute Gasteiger partial charge is 0.497 e. The molecule has 0 bridgehead atoms. The van der Waals surface area contributed by atoms with Gasteiger partial charge in [-0.3, -0.25) is 9.59 Å². The van der Waals surface area contributed by atoms with E-state index in [-0.39, 0.29) is 11.7 Å². The number of Topliss-reactive ketones (excluding diaryl/α,β-unsaturated/α-hetero) is 1.